The molecule has 0 fully saturated rings. The minimum atomic E-state index is -0.256. The highest BCUT2D eigenvalue weighted by Gasteiger charge is 2.17. The standard InChI is InChI=1S/C25H24N6O3S/c1-17(19-5-4-14-26-15-19)27-28-23(32)16-35-25-30-29-24(18-6-10-21(33-2)11-7-18)31(25)20-8-12-22(34-3)13-9-20/h4-15H,16H2,1-3H3,(H,28,32). The van der Waals surface area contributed by atoms with Gasteiger partial charge in [0.2, 0.25) is 0 Å². The molecule has 0 radical (unpaired) electrons. The molecule has 0 bridgehead atoms. The summed E-state index contributed by atoms with van der Waals surface area (Å²) < 4.78 is 12.5. The molecule has 2 aromatic heterocycles. The molecule has 4 aromatic rings. The van der Waals surface area contributed by atoms with Gasteiger partial charge in [0, 0.05) is 29.2 Å². The smallest absolute Gasteiger partial charge is 0.250 e. The van der Waals surface area contributed by atoms with Crippen molar-refractivity contribution in [1.82, 2.24) is 25.2 Å². The van der Waals surface area contributed by atoms with Crippen LogP contribution in [-0.2, 0) is 4.79 Å². The van der Waals surface area contributed by atoms with Gasteiger partial charge in [-0.1, -0.05) is 17.8 Å². The van der Waals surface area contributed by atoms with Gasteiger partial charge in [0.05, 0.1) is 25.7 Å². The lowest BCUT2D eigenvalue weighted by atomic mass is 10.2. The van der Waals surface area contributed by atoms with Crippen LogP contribution in [0.25, 0.3) is 17.1 Å². The number of nitrogens with zero attached hydrogens (tertiary/aromatic N) is 5. The van der Waals surface area contributed by atoms with Crippen molar-refractivity contribution in [2.45, 2.75) is 12.1 Å². The molecule has 0 aliphatic rings. The summed E-state index contributed by atoms with van der Waals surface area (Å²) in [5.74, 6) is 1.99. The molecule has 0 atom stereocenters. The fourth-order valence-corrected chi connectivity index (χ4v) is 3.95. The monoisotopic (exact) mass is 488 g/mol. The van der Waals surface area contributed by atoms with E-state index in [0.717, 1.165) is 28.3 Å². The maximum atomic E-state index is 12.5. The molecule has 2 aromatic carbocycles. The number of methoxy groups -OCH3 is 2. The van der Waals surface area contributed by atoms with Gasteiger partial charge in [-0.15, -0.1) is 10.2 Å². The normalized spacial score (nSPS) is 11.2. The van der Waals surface area contributed by atoms with Crippen LogP contribution >= 0.6 is 11.8 Å². The number of pyridine rings is 1. The summed E-state index contributed by atoms with van der Waals surface area (Å²) in [5.41, 5.74) is 5.80. The van der Waals surface area contributed by atoms with Gasteiger partial charge in [-0.25, -0.2) is 5.43 Å². The zero-order valence-corrected chi connectivity index (χ0v) is 20.3. The van der Waals surface area contributed by atoms with E-state index in [4.69, 9.17) is 9.47 Å². The van der Waals surface area contributed by atoms with Gasteiger partial charge in [0.25, 0.3) is 5.91 Å². The molecule has 0 unspecified atom stereocenters. The molecule has 0 saturated carbocycles. The number of hydrogen-bond donors (Lipinski definition) is 1. The third kappa shape index (κ3) is 5.85. The van der Waals surface area contributed by atoms with E-state index in [1.807, 2.05) is 72.2 Å². The largest absolute Gasteiger partial charge is 0.497 e. The summed E-state index contributed by atoms with van der Waals surface area (Å²) in [6, 6.07) is 18.8. The second-order valence-corrected chi connectivity index (χ2v) is 8.27. The van der Waals surface area contributed by atoms with Crippen LogP contribution in [0.5, 0.6) is 11.5 Å². The summed E-state index contributed by atoms with van der Waals surface area (Å²) in [6.45, 7) is 1.81. The number of hydrogen-bond acceptors (Lipinski definition) is 8. The predicted octanol–water partition coefficient (Wildman–Crippen LogP) is 3.98. The number of ether oxygens (including phenoxy) is 2. The molecule has 9 nitrogen and oxygen atoms in total. The van der Waals surface area contributed by atoms with Crippen molar-refractivity contribution in [1.29, 1.82) is 0 Å². The molecule has 4 rings (SSSR count). The quantitative estimate of drug-likeness (QED) is 0.216. The van der Waals surface area contributed by atoms with Gasteiger partial charge in [0.15, 0.2) is 11.0 Å². The fraction of sp³-hybridized carbons (Fsp3) is 0.160. The van der Waals surface area contributed by atoms with Crippen LogP contribution in [0.1, 0.15) is 12.5 Å². The van der Waals surface area contributed by atoms with Crippen LogP contribution < -0.4 is 14.9 Å². The first-order valence-electron chi connectivity index (χ1n) is 10.7. The Hall–Kier alpha value is -4.18. The van der Waals surface area contributed by atoms with Crippen molar-refractivity contribution in [3.63, 3.8) is 0 Å². The highest BCUT2D eigenvalue weighted by atomic mass is 32.2. The van der Waals surface area contributed by atoms with E-state index in [1.54, 1.807) is 26.6 Å². The predicted molar refractivity (Wildman–Crippen MR) is 135 cm³/mol. The van der Waals surface area contributed by atoms with Gasteiger partial charge in [-0.2, -0.15) is 5.10 Å². The SMILES string of the molecule is COc1ccc(-c2nnc(SCC(=O)NN=C(C)c3cccnc3)n2-c2ccc(OC)cc2)cc1. The number of carbonyl (C=O) groups excluding carboxylic acids is 1. The van der Waals surface area contributed by atoms with Crippen molar-refractivity contribution < 1.29 is 14.3 Å². The Labute approximate surface area is 207 Å². The molecule has 1 amide bonds. The Balaban J connectivity index is 1.55. The number of thioether (sulfide) groups is 1. The Morgan fingerprint density at radius 1 is 1.00 bits per heavy atom. The van der Waals surface area contributed by atoms with E-state index in [-0.39, 0.29) is 11.7 Å². The molecule has 0 spiro atoms. The van der Waals surface area contributed by atoms with Crippen LogP contribution in [0.2, 0.25) is 0 Å². The van der Waals surface area contributed by atoms with Crippen LogP contribution in [-0.4, -0.2) is 51.3 Å². The van der Waals surface area contributed by atoms with Crippen LogP contribution in [0.4, 0.5) is 0 Å². The van der Waals surface area contributed by atoms with Gasteiger partial charge < -0.3 is 9.47 Å². The Bertz CT molecular complexity index is 1310. The fourth-order valence-electron chi connectivity index (χ4n) is 3.20. The van der Waals surface area contributed by atoms with E-state index >= 15 is 0 Å². The number of benzene rings is 2. The molecule has 0 aliphatic carbocycles. The summed E-state index contributed by atoms with van der Waals surface area (Å²) in [5, 5.41) is 13.5. The van der Waals surface area contributed by atoms with Crippen molar-refractivity contribution in [2.24, 2.45) is 5.10 Å². The van der Waals surface area contributed by atoms with Crippen molar-refractivity contribution in [3.8, 4) is 28.6 Å². The van der Waals surface area contributed by atoms with E-state index < -0.39 is 0 Å². The number of amides is 1. The first-order valence-corrected chi connectivity index (χ1v) is 11.7. The topological polar surface area (TPSA) is 104 Å². The average molecular weight is 489 g/mol. The molecule has 2 heterocycles. The first kappa shape index (κ1) is 24.0. The Kier molecular flexibility index (Phi) is 7.74. The van der Waals surface area contributed by atoms with Crippen LogP contribution in [0.3, 0.4) is 0 Å². The number of nitrogens with one attached hydrogen (secondary N) is 1. The third-order valence-corrected chi connectivity index (χ3v) is 6.00. The summed E-state index contributed by atoms with van der Waals surface area (Å²) >= 11 is 1.27. The highest BCUT2D eigenvalue weighted by Crippen LogP contribution is 2.29. The second kappa shape index (κ2) is 11.3. The number of rotatable bonds is 9. The molecule has 0 aliphatic heterocycles. The van der Waals surface area contributed by atoms with Gasteiger partial charge in [0.1, 0.15) is 11.5 Å². The Morgan fingerprint density at radius 2 is 1.69 bits per heavy atom. The minimum absolute atomic E-state index is 0.112. The van der Waals surface area contributed by atoms with E-state index in [9.17, 15) is 4.79 Å². The minimum Gasteiger partial charge on any atom is -0.497 e. The van der Waals surface area contributed by atoms with Gasteiger partial charge in [-0.05, 0) is 61.5 Å². The van der Waals surface area contributed by atoms with Crippen LogP contribution in [0.15, 0.2) is 83.3 Å². The van der Waals surface area contributed by atoms with Crippen molar-refractivity contribution in [2.75, 3.05) is 20.0 Å². The van der Waals surface area contributed by atoms with E-state index in [0.29, 0.717) is 16.7 Å². The van der Waals surface area contributed by atoms with Crippen LogP contribution in [0, 0.1) is 0 Å². The molecular formula is C25H24N6O3S. The average Bonchev–Trinajstić information content (AvgIpc) is 3.35. The number of carbonyl (C=O) groups is 1. The summed E-state index contributed by atoms with van der Waals surface area (Å²) in [7, 11) is 3.24. The zero-order valence-electron chi connectivity index (χ0n) is 19.5. The highest BCUT2D eigenvalue weighted by molar-refractivity contribution is 7.99. The van der Waals surface area contributed by atoms with Crippen molar-refractivity contribution >= 4 is 23.4 Å². The first-order chi connectivity index (χ1) is 17.1. The van der Waals surface area contributed by atoms with Gasteiger partial charge in [-0.3, -0.25) is 14.3 Å². The maximum Gasteiger partial charge on any atom is 0.250 e. The summed E-state index contributed by atoms with van der Waals surface area (Å²) in [4.78, 5) is 16.6. The molecule has 35 heavy (non-hydrogen) atoms. The Morgan fingerprint density at radius 3 is 2.31 bits per heavy atom. The lowest BCUT2D eigenvalue weighted by molar-refractivity contribution is -0.118. The zero-order chi connectivity index (χ0) is 24.6. The maximum absolute atomic E-state index is 12.5. The van der Waals surface area contributed by atoms with Crippen molar-refractivity contribution in [3.05, 3.63) is 78.6 Å². The summed E-state index contributed by atoms with van der Waals surface area (Å²) in [6.07, 6.45) is 3.38. The molecule has 1 N–H and O–H groups in total. The molecular weight excluding hydrogens is 464 g/mol. The lowest BCUT2D eigenvalue weighted by Crippen LogP contribution is -2.21. The van der Waals surface area contributed by atoms with Gasteiger partial charge >= 0.3 is 0 Å². The third-order valence-electron chi connectivity index (χ3n) is 5.07. The molecule has 178 valence electrons. The van der Waals surface area contributed by atoms with E-state index in [2.05, 4.69) is 25.7 Å². The second-order valence-electron chi connectivity index (χ2n) is 7.33. The lowest BCUT2D eigenvalue weighted by Gasteiger charge is -2.11. The molecule has 10 heteroatoms. The number of aromatic nitrogens is 4. The molecule has 0 saturated heterocycles. The number of hydrazone groups is 1. The van der Waals surface area contributed by atoms with E-state index in [1.165, 1.54) is 11.8 Å².